The van der Waals surface area contributed by atoms with E-state index in [1.54, 1.807) is 25.4 Å². The standard InChI is InChI=1S/C15H14N4O2/c1-9-5-6-10(12(8-9)20-2)14-18-15(21-19-14)13-11(16)4-3-7-17-13/h3-8H,16H2,1-2H3. The second kappa shape index (κ2) is 5.24. The van der Waals surface area contributed by atoms with Gasteiger partial charge in [0, 0.05) is 6.20 Å². The Bertz CT molecular complexity index is 783. The summed E-state index contributed by atoms with van der Waals surface area (Å²) in [6, 6.07) is 9.26. The largest absolute Gasteiger partial charge is 0.496 e. The minimum Gasteiger partial charge on any atom is -0.496 e. The summed E-state index contributed by atoms with van der Waals surface area (Å²) >= 11 is 0. The fraction of sp³-hybridized carbons (Fsp3) is 0.133. The minimum absolute atomic E-state index is 0.283. The van der Waals surface area contributed by atoms with Crippen LogP contribution in [-0.4, -0.2) is 22.2 Å². The smallest absolute Gasteiger partial charge is 0.278 e. The molecular formula is C15H14N4O2. The van der Waals surface area contributed by atoms with E-state index >= 15 is 0 Å². The van der Waals surface area contributed by atoms with Crippen LogP contribution in [0.2, 0.25) is 0 Å². The summed E-state index contributed by atoms with van der Waals surface area (Å²) in [5.74, 6) is 1.41. The van der Waals surface area contributed by atoms with Gasteiger partial charge in [-0.1, -0.05) is 11.2 Å². The molecule has 6 nitrogen and oxygen atoms in total. The first-order valence-electron chi connectivity index (χ1n) is 6.38. The Morgan fingerprint density at radius 1 is 1.24 bits per heavy atom. The van der Waals surface area contributed by atoms with E-state index in [2.05, 4.69) is 15.1 Å². The van der Waals surface area contributed by atoms with E-state index in [0.29, 0.717) is 23.0 Å². The zero-order valence-electron chi connectivity index (χ0n) is 11.7. The molecule has 3 rings (SSSR count). The van der Waals surface area contributed by atoms with Crippen molar-refractivity contribution in [3.8, 4) is 28.7 Å². The van der Waals surface area contributed by atoms with Crippen LogP contribution in [0.25, 0.3) is 23.0 Å². The molecular weight excluding hydrogens is 268 g/mol. The molecule has 0 aliphatic rings. The molecule has 0 bridgehead atoms. The van der Waals surface area contributed by atoms with Gasteiger partial charge in [-0.3, -0.25) is 0 Å². The first-order valence-corrected chi connectivity index (χ1v) is 6.38. The number of hydrogen-bond acceptors (Lipinski definition) is 6. The Morgan fingerprint density at radius 3 is 2.86 bits per heavy atom. The molecule has 106 valence electrons. The number of hydrogen-bond donors (Lipinski definition) is 1. The van der Waals surface area contributed by atoms with E-state index in [1.165, 1.54) is 0 Å². The number of aromatic nitrogens is 3. The van der Waals surface area contributed by atoms with Gasteiger partial charge in [0.2, 0.25) is 5.82 Å². The molecule has 0 amide bonds. The SMILES string of the molecule is COc1cc(C)ccc1-c1noc(-c2ncccc2N)n1. The fourth-order valence-corrected chi connectivity index (χ4v) is 2.01. The average molecular weight is 282 g/mol. The number of nitrogens with zero attached hydrogens (tertiary/aromatic N) is 3. The van der Waals surface area contributed by atoms with Crippen LogP contribution in [0.15, 0.2) is 41.1 Å². The van der Waals surface area contributed by atoms with Crippen LogP contribution in [0, 0.1) is 6.92 Å². The van der Waals surface area contributed by atoms with Gasteiger partial charge >= 0.3 is 0 Å². The van der Waals surface area contributed by atoms with Crippen molar-refractivity contribution in [1.82, 2.24) is 15.1 Å². The topological polar surface area (TPSA) is 87.1 Å². The summed E-state index contributed by atoms with van der Waals surface area (Å²) < 4.78 is 10.6. The molecule has 1 aromatic carbocycles. The van der Waals surface area contributed by atoms with Gasteiger partial charge in [-0.25, -0.2) is 4.98 Å². The van der Waals surface area contributed by atoms with Crippen LogP contribution < -0.4 is 10.5 Å². The van der Waals surface area contributed by atoms with Gasteiger partial charge in [-0.15, -0.1) is 0 Å². The average Bonchev–Trinajstić information content (AvgIpc) is 2.97. The van der Waals surface area contributed by atoms with Gasteiger partial charge in [0.15, 0.2) is 5.69 Å². The second-order valence-corrected chi connectivity index (χ2v) is 4.57. The van der Waals surface area contributed by atoms with Crippen molar-refractivity contribution < 1.29 is 9.26 Å². The molecule has 0 atom stereocenters. The van der Waals surface area contributed by atoms with Gasteiger partial charge in [-0.2, -0.15) is 4.98 Å². The fourth-order valence-electron chi connectivity index (χ4n) is 2.01. The lowest BCUT2D eigenvalue weighted by molar-refractivity contribution is 0.413. The van der Waals surface area contributed by atoms with E-state index in [0.717, 1.165) is 11.1 Å². The lowest BCUT2D eigenvalue weighted by Crippen LogP contribution is -1.93. The Morgan fingerprint density at radius 2 is 2.10 bits per heavy atom. The summed E-state index contributed by atoms with van der Waals surface area (Å²) in [7, 11) is 1.61. The summed E-state index contributed by atoms with van der Waals surface area (Å²) in [6.45, 7) is 1.99. The third-order valence-electron chi connectivity index (χ3n) is 3.07. The molecule has 0 spiro atoms. The maximum absolute atomic E-state index is 5.86. The predicted octanol–water partition coefficient (Wildman–Crippen LogP) is 2.70. The molecule has 2 N–H and O–H groups in total. The zero-order valence-corrected chi connectivity index (χ0v) is 11.7. The number of anilines is 1. The third-order valence-corrected chi connectivity index (χ3v) is 3.07. The number of nitrogen functional groups attached to an aromatic ring is 1. The van der Waals surface area contributed by atoms with E-state index in [9.17, 15) is 0 Å². The van der Waals surface area contributed by atoms with Crippen molar-refractivity contribution >= 4 is 5.69 Å². The molecule has 2 heterocycles. The highest BCUT2D eigenvalue weighted by atomic mass is 16.5. The van der Waals surface area contributed by atoms with E-state index in [1.807, 2.05) is 25.1 Å². The number of ether oxygens (including phenoxy) is 1. The van der Waals surface area contributed by atoms with Crippen molar-refractivity contribution in [2.24, 2.45) is 0 Å². The number of nitrogens with two attached hydrogens (primary N) is 1. The van der Waals surface area contributed by atoms with Crippen LogP contribution >= 0.6 is 0 Å². The Labute approximate surface area is 121 Å². The van der Waals surface area contributed by atoms with Crippen LogP contribution in [-0.2, 0) is 0 Å². The molecule has 0 saturated carbocycles. The van der Waals surface area contributed by atoms with Crippen molar-refractivity contribution in [2.75, 3.05) is 12.8 Å². The Kier molecular flexibility index (Phi) is 3.27. The quantitative estimate of drug-likeness (QED) is 0.794. The molecule has 2 aromatic heterocycles. The maximum atomic E-state index is 5.86. The summed E-state index contributed by atoms with van der Waals surface area (Å²) in [5.41, 5.74) is 8.67. The van der Waals surface area contributed by atoms with Gasteiger partial charge < -0.3 is 15.0 Å². The number of pyridine rings is 1. The zero-order chi connectivity index (χ0) is 14.8. The van der Waals surface area contributed by atoms with Crippen molar-refractivity contribution in [2.45, 2.75) is 6.92 Å². The summed E-state index contributed by atoms with van der Waals surface area (Å²) in [6.07, 6.45) is 1.63. The lowest BCUT2D eigenvalue weighted by Gasteiger charge is -2.05. The maximum Gasteiger partial charge on any atom is 0.278 e. The molecule has 6 heteroatoms. The van der Waals surface area contributed by atoms with Crippen LogP contribution in [0.5, 0.6) is 5.75 Å². The molecule has 0 aliphatic carbocycles. The molecule has 0 saturated heterocycles. The van der Waals surface area contributed by atoms with E-state index < -0.39 is 0 Å². The van der Waals surface area contributed by atoms with Crippen molar-refractivity contribution in [3.63, 3.8) is 0 Å². The molecule has 3 aromatic rings. The van der Waals surface area contributed by atoms with Crippen molar-refractivity contribution in [3.05, 3.63) is 42.1 Å². The number of aryl methyl sites for hydroxylation is 1. The van der Waals surface area contributed by atoms with Crippen molar-refractivity contribution in [1.29, 1.82) is 0 Å². The van der Waals surface area contributed by atoms with E-state index in [4.69, 9.17) is 15.0 Å². The van der Waals surface area contributed by atoms with Gasteiger partial charge in [0.1, 0.15) is 5.75 Å². The molecule has 0 fully saturated rings. The van der Waals surface area contributed by atoms with Gasteiger partial charge in [-0.05, 0) is 36.8 Å². The second-order valence-electron chi connectivity index (χ2n) is 4.57. The highest BCUT2D eigenvalue weighted by Gasteiger charge is 2.16. The highest BCUT2D eigenvalue weighted by molar-refractivity contribution is 5.69. The normalized spacial score (nSPS) is 10.6. The van der Waals surface area contributed by atoms with Gasteiger partial charge in [0.25, 0.3) is 5.89 Å². The molecule has 0 radical (unpaired) electrons. The Balaban J connectivity index is 2.05. The Hall–Kier alpha value is -2.89. The van der Waals surface area contributed by atoms with Crippen LogP contribution in [0.4, 0.5) is 5.69 Å². The van der Waals surface area contributed by atoms with E-state index in [-0.39, 0.29) is 5.89 Å². The van der Waals surface area contributed by atoms with Crippen LogP contribution in [0.1, 0.15) is 5.56 Å². The highest BCUT2D eigenvalue weighted by Crippen LogP contribution is 2.30. The summed E-state index contributed by atoms with van der Waals surface area (Å²) in [5, 5.41) is 3.98. The van der Waals surface area contributed by atoms with Gasteiger partial charge in [0.05, 0.1) is 18.4 Å². The monoisotopic (exact) mass is 282 g/mol. The lowest BCUT2D eigenvalue weighted by atomic mass is 10.1. The number of rotatable bonds is 3. The third kappa shape index (κ3) is 2.43. The first-order chi connectivity index (χ1) is 10.2. The predicted molar refractivity (Wildman–Crippen MR) is 78.7 cm³/mol. The number of methoxy groups -OCH3 is 1. The first kappa shape index (κ1) is 13.1. The molecule has 21 heavy (non-hydrogen) atoms. The summed E-state index contributed by atoms with van der Waals surface area (Å²) in [4.78, 5) is 8.51. The molecule has 0 unspecified atom stereocenters. The molecule has 0 aliphatic heterocycles. The number of benzene rings is 1. The van der Waals surface area contributed by atoms with Crippen LogP contribution in [0.3, 0.4) is 0 Å². The minimum atomic E-state index is 0.283.